The summed E-state index contributed by atoms with van der Waals surface area (Å²) in [6.07, 6.45) is 6.59. The molecule has 0 aliphatic rings. The SMILES string of the molecule is CSCCC=CC(C)=O. The van der Waals surface area contributed by atoms with Crippen LogP contribution in [0.25, 0.3) is 0 Å². The van der Waals surface area contributed by atoms with E-state index in [1.807, 2.05) is 6.08 Å². The average Bonchev–Trinajstić information content (AvgIpc) is 1.80. The summed E-state index contributed by atoms with van der Waals surface area (Å²) in [7, 11) is 0. The highest BCUT2D eigenvalue weighted by molar-refractivity contribution is 7.98. The van der Waals surface area contributed by atoms with Crippen LogP contribution < -0.4 is 0 Å². The van der Waals surface area contributed by atoms with Gasteiger partial charge in [-0.05, 0) is 31.4 Å². The first-order valence-electron chi connectivity index (χ1n) is 2.93. The van der Waals surface area contributed by atoms with E-state index in [1.54, 1.807) is 24.8 Å². The Balaban J connectivity index is 3.15. The van der Waals surface area contributed by atoms with Gasteiger partial charge in [0.1, 0.15) is 0 Å². The van der Waals surface area contributed by atoms with Crippen molar-refractivity contribution >= 4 is 17.5 Å². The molecule has 0 aliphatic heterocycles. The third-order valence-electron chi connectivity index (χ3n) is 0.841. The van der Waals surface area contributed by atoms with Gasteiger partial charge in [0, 0.05) is 0 Å². The van der Waals surface area contributed by atoms with Gasteiger partial charge >= 0.3 is 0 Å². The van der Waals surface area contributed by atoms with E-state index >= 15 is 0 Å². The molecular formula is C7H12OS. The first-order valence-corrected chi connectivity index (χ1v) is 4.33. The number of hydrogen-bond acceptors (Lipinski definition) is 2. The maximum atomic E-state index is 10.3. The molecule has 0 spiro atoms. The Labute approximate surface area is 60.5 Å². The van der Waals surface area contributed by atoms with Crippen molar-refractivity contribution in [1.29, 1.82) is 0 Å². The summed E-state index contributed by atoms with van der Waals surface area (Å²) >= 11 is 1.79. The number of allylic oxidation sites excluding steroid dienone is 2. The molecule has 0 amide bonds. The zero-order valence-corrected chi connectivity index (χ0v) is 6.70. The summed E-state index contributed by atoms with van der Waals surface area (Å²) in [6, 6.07) is 0. The van der Waals surface area contributed by atoms with Gasteiger partial charge in [-0.2, -0.15) is 11.8 Å². The minimum absolute atomic E-state index is 0.135. The number of hydrogen-bond donors (Lipinski definition) is 0. The van der Waals surface area contributed by atoms with Gasteiger partial charge in [0.15, 0.2) is 5.78 Å². The zero-order chi connectivity index (χ0) is 7.11. The van der Waals surface area contributed by atoms with Gasteiger partial charge in [-0.25, -0.2) is 0 Å². The summed E-state index contributed by atoms with van der Waals surface area (Å²) in [4.78, 5) is 10.3. The van der Waals surface area contributed by atoms with E-state index in [-0.39, 0.29) is 5.78 Å². The highest BCUT2D eigenvalue weighted by Crippen LogP contribution is 1.95. The monoisotopic (exact) mass is 144 g/mol. The number of thioether (sulfide) groups is 1. The second kappa shape index (κ2) is 5.89. The summed E-state index contributed by atoms with van der Waals surface area (Å²) < 4.78 is 0. The van der Waals surface area contributed by atoms with Crippen molar-refractivity contribution in [3.63, 3.8) is 0 Å². The van der Waals surface area contributed by atoms with E-state index in [1.165, 1.54) is 0 Å². The van der Waals surface area contributed by atoms with Gasteiger partial charge in [0.2, 0.25) is 0 Å². The fourth-order valence-electron chi connectivity index (χ4n) is 0.435. The Morgan fingerprint density at radius 1 is 1.67 bits per heavy atom. The van der Waals surface area contributed by atoms with Crippen molar-refractivity contribution in [2.75, 3.05) is 12.0 Å². The fraction of sp³-hybridized carbons (Fsp3) is 0.571. The number of carbonyl (C=O) groups is 1. The van der Waals surface area contributed by atoms with E-state index < -0.39 is 0 Å². The van der Waals surface area contributed by atoms with Gasteiger partial charge < -0.3 is 0 Å². The van der Waals surface area contributed by atoms with Crippen LogP contribution in [0.4, 0.5) is 0 Å². The molecule has 0 saturated heterocycles. The summed E-state index contributed by atoms with van der Waals surface area (Å²) in [5.74, 6) is 1.24. The summed E-state index contributed by atoms with van der Waals surface area (Å²) in [5, 5.41) is 0. The quantitative estimate of drug-likeness (QED) is 0.442. The number of carbonyl (C=O) groups excluding carboxylic acids is 1. The molecule has 0 saturated carbocycles. The molecule has 0 aliphatic carbocycles. The molecule has 0 bridgehead atoms. The van der Waals surface area contributed by atoms with Crippen LogP contribution in [0.5, 0.6) is 0 Å². The first-order chi connectivity index (χ1) is 4.27. The molecule has 0 aromatic heterocycles. The largest absolute Gasteiger partial charge is 0.295 e. The molecule has 52 valence electrons. The van der Waals surface area contributed by atoms with Gasteiger partial charge in [0.05, 0.1) is 0 Å². The van der Waals surface area contributed by atoms with E-state index in [2.05, 4.69) is 6.26 Å². The Bertz CT molecular complexity index is 107. The standard InChI is InChI=1S/C7H12OS/c1-7(8)5-3-4-6-9-2/h3,5H,4,6H2,1-2H3. The van der Waals surface area contributed by atoms with Crippen LogP contribution in [0.1, 0.15) is 13.3 Å². The zero-order valence-electron chi connectivity index (χ0n) is 5.89. The van der Waals surface area contributed by atoms with Crippen molar-refractivity contribution in [3.8, 4) is 0 Å². The molecule has 0 fully saturated rings. The molecule has 0 rings (SSSR count). The Hall–Kier alpha value is -0.240. The number of rotatable bonds is 4. The minimum atomic E-state index is 0.135. The lowest BCUT2D eigenvalue weighted by Crippen LogP contribution is -1.80. The predicted molar refractivity (Wildman–Crippen MR) is 42.8 cm³/mol. The molecule has 0 N–H and O–H groups in total. The van der Waals surface area contributed by atoms with Crippen LogP contribution >= 0.6 is 11.8 Å². The highest BCUT2D eigenvalue weighted by Gasteiger charge is 1.80. The molecule has 0 unspecified atom stereocenters. The fourth-order valence-corrected chi connectivity index (χ4v) is 0.807. The lowest BCUT2D eigenvalue weighted by molar-refractivity contribution is -0.112. The Morgan fingerprint density at radius 2 is 2.33 bits per heavy atom. The van der Waals surface area contributed by atoms with E-state index in [4.69, 9.17) is 0 Å². The maximum Gasteiger partial charge on any atom is 0.152 e. The van der Waals surface area contributed by atoms with Crippen molar-refractivity contribution in [1.82, 2.24) is 0 Å². The van der Waals surface area contributed by atoms with E-state index in [0.717, 1.165) is 12.2 Å². The van der Waals surface area contributed by atoms with Crippen LogP contribution in [0.2, 0.25) is 0 Å². The highest BCUT2D eigenvalue weighted by atomic mass is 32.2. The molecule has 0 aromatic carbocycles. The van der Waals surface area contributed by atoms with Crippen LogP contribution in [-0.2, 0) is 4.79 Å². The topological polar surface area (TPSA) is 17.1 Å². The maximum absolute atomic E-state index is 10.3. The smallest absolute Gasteiger partial charge is 0.152 e. The van der Waals surface area contributed by atoms with Crippen molar-refractivity contribution in [2.24, 2.45) is 0 Å². The first kappa shape index (κ1) is 8.76. The van der Waals surface area contributed by atoms with E-state index in [0.29, 0.717) is 0 Å². The Kier molecular flexibility index (Phi) is 5.73. The van der Waals surface area contributed by atoms with Gasteiger partial charge in [-0.3, -0.25) is 4.79 Å². The lowest BCUT2D eigenvalue weighted by atomic mass is 10.3. The second-order valence-electron chi connectivity index (χ2n) is 1.79. The average molecular weight is 144 g/mol. The van der Waals surface area contributed by atoms with Gasteiger partial charge in [0.25, 0.3) is 0 Å². The molecule has 0 aromatic rings. The molecule has 0 atom stereocenters. The van der Waals surface area contributed by atoms with Crippen molar-refractivity contribution in [2.45, 2.75) is 13.3 Å². The van der Waals surface area contributed by atoms with Crippen LogP contribution in [0.3, 0.4) is 0 Å². The molecule has 0 heterocycles. The molecule has 2 heteroatoms. The van der Waals surface area contributed by atoms with Gasteiger partial charge in [-0.1, -0.05) is 6.08 Å². The molecule has 1 nitrogen and oxygen atoms in total. The molecule has 9 heavy (non-hydrogen) atoms. The second-order valence-corrected chi connectivity index (χ2v) is 2.78. The molecular weight excluding hydrogens is 132 g/mol. The summed E-state index contributed by atoms with van der Waals surface area (Å²) in [5.41, 5.74) is 0. The predicted octanol–water partition coefficient (Wildman–Crippen LogP) is 1.88. The molecule has 0 radical (unpaired) electrons. The summed E-state index contributed by atoms with van der Waals surface area (Å²) in [6.45, 7) is 1.57. The third kappa shape index (κ3) is 7.76. The van der Waals surface area contributed by atoms with Crippen molar-refractivity contribution < 1.29 is 4.79 Å². The van der Waals surface area contributed by atoms with Gasteiger partial charge in [-0.15, -0.1) is 0 Å². The minimum Gasteiger partial charge on any atom is -0.295 e. The van der Waals surface area contributed by atoms with Crippen LogP contribution in [0, 0.1) is 0 Å². The third-order valence-corrected chi connectivity index (χ3v) is 1.49. The van der Waals surface area contributed by atoms with Crippen LogP contribution in [0.15, 0.2) is 12.2 Å². The van der Waals surface area contributed by atoms with E-state index in [9.17, 15) is 4.79 Å². The number of ketones is 1. The lowest BCUT2D eigenvalue weighted by Gasteiger charge is -1.85. The van der Waals surface area contributed by atoms with Crippen LogP contribution in [-0.4, -0.2) is 17.8 Å². The van der Waals surface area contributed by atoms with Crippen molar-refractivity contribution in [3.05, 3.63) is 12.2 Å². The Morgan fingerprint density at radius 3 is 2.78 bits per heavy atom. The normalized spacial score (nSPS) is 10.4.